The molecule has 0 spiro atoms. The fraction of sp³-hybridized carbons (Fsp3) is 0.231. The highest BCUT2D eigenvalue weighted by Crippen LogP contribution is 2.21. The number of aliphatic hydroxyl groups excluding tert-OH is 1. The topological polar surface area (TPSA) is 104 Å². The van der Waals surface area contributed by atoms with E-state index in [0.29, 0.717) is 0 Å². The molecule has 0 aliphatic rings. The molecule has 0 saturated heterocycles. The third-order valence-electron chi connectivity index (χ3n) is 3.01. The van der Waals surface area contributed by atoms with Crippen LogP contribution in [0.5, 0.6) is 0 Å². The third-order valence-corrected chi connectivity index (χ3v) is 3.01. The Bertz CT molecular complexity index is 567. The van der Waals surface area contributed by atoms with Crippen LogP contribution < -0.4 is 11.1 Å². The number of benzene rings is 1. The number of nitrogens with zero attached hydrogens (tertiary/aromatic N) is 1. The molecule has 0 fully saturated rings. The van der Waals surface area contributed by atoms with Crippen molar-refractivity contribution in [2.45, 2.75) is 12.5 Å². The summed E-state index contributed by atoms with van der Waals surface area (Å²) < 4.78 is 0. The molecule has 1 atom stereocenters. The van der Waals surface area contributed by atoms with Crippen molar-refractivity contribution in [1.82, 2.24) is 15.5 Å². The Morgan fingerprint density at radius 2 is 2.16 bits per heavy atom. The molecule has 1 heterocycles. The fourth-order valence-electron chi connectivity index (χ4n) is 1.80. The first-order valence-electron chi connectivity index (χ1n) is 5.84. The van der Waals surface area contributed by atoms with Crippen LogP contribution in [-0.2, 0) is 5.54 Å². The number of rotatable bonds is 4. The number of aromatic nitrogens is 2. The number of hydrogen-bond donors (Lipinski definition) is 4. The Kier molecular flexibility index (Phi) is 3.52. The SMILES string of the molecule is CC(CO)(NC(=O)c1[nH]ncc1N)c1ccccc1. The Morgan fingerprint density at radius 1 is 1.47 bits per heavy atom. The van der Waals surface area contributed by atoms with E-state index >= 15 is 0 Å². The normalized spacial score (nSPS) is 13.8. The lowest BCUT2D eigenvalue weighted by atomic mass is 9.92. The summed E-state index contributed by atoms with van der Waals surface area (Å²) in [5, 5.41) is 18.6. The quantitative estimate of drug-likeness (QED) is 0.647. The monoisotopic (exact) mass is 260 g/mol. The molecule has 0 radical (unpaired) electrons. The lowest BCUT2D eigenvalue weighted by Gasteiger charge is -2.29. The number of amides is 1. The largest absolute Gasteiger partial charge is 0.396 e. The minimum atomic E-state index is -0.879. The van der Waals surface area contributed by atoms with Gasteiger partial charge in [-0.05, 0) is 12.5 Å². The van der Waals surface area contributed by atoms with Crippen molar-refractivity contribution >= 4 is 11.6 Å². The second-order valence-electron chi connectivity index (χ2n) is 4.51. The summed E-state index contributed by atoms with van der Waals surface area (Å²) in [6.45, 7) is 1.52. The number of nitrogen functional groups attached to an aromatic ring is 1. The van der Waals surface area contributed by atoms with E-state index in [1.165, 1.54) is 6.20 Å². The third kappa shape index (κ3) is 2.58. The zero-order valence-corrected chi connectivity index (χ0v) is 10.6. The number of carbonyl (C=O) groups excluding carboxylic acids is 1. The summed E-state index contributed by atoms with van der Waals surface area (Å²) in [5.74, 6) is -0.407. The highest BCUT2D eigenvalue weighted by Gasteiger charge is 2.29. The average Bonchev–Trinajstić information content (AvgIpc) is 2.86. The molecule has 6 nitrogen and oxygen atoms in total. The predicted octanol–water partition coefficient (Wildman–Crippen LogP) is 0.629. The van der Waals surface area contributed by atoms with E-state index in [1.54, 1.807) is 6.92 Å². The molecule has 19 heavy (non-hydrogen) atoms. The number of aliphatic hydroxyl groups is 1. The van der Waals surface area contributed by atoms with Crippen LogP contribution in [-0.4, -0.2) is 27.8 Å². The maximum atomic E-state index is 12.1. The second-order valence-corrected chi connectivity index (χ2v) is 4.51. The number of carbonyl (C=O) groups is 1. The summed E-state index contributed by atoms with van der Waals surface area (Å²) in [7, 11) is 0. The van der Waals surface area contributed by atoms with Crippen LogP contribution in [0.25, 0.3) is 0 Å². The van der Waals surface area contributed by atoms with E-state index in [2.05, 4.69) is 15.5 Å². The van der Waals surface area contributed by atoms with E-state index in [1.807, 2.05) is 30.3 Å². The predicted molar refractivity (Wildman–Crippen MR) is 71.3 cm³/mol. The summed E-state index contributed by atoms with van der Waals surface area (Å²) >= 11 is 0. The molecule has 0 aliphatic heterocycles. The van der Waals surface area contributed by atoms with Crippen LogP contribution in [0.15, 0.2) is 36.5 Å². The van der Waals surface area contributed by atoms with Gasteiger partial charge in [-0.3, -0.25) is 9.89 Å². The van der Waals surface area contributed by atoms with E-state index in [4.69, 9.17) is 5.73 Å². The number of aromatic amines is 1. The molecule has 2 aromatic rings. The molecule has 1 amide bonds. The molecule has 1 unspecified atom stereocenters. The van der Waals surface area contributed by atoms with Gasteiger partial charge in [0.1, 0.15) is 5.69 Å². The molecule has 2 rings (SSSR count). The first-order valence-corrected chi connectivity index (χ1v) is 5.84. The van der Waals surface area contributed by atoms with Crippen molar-refractivity contribution in [1.29, 1.82) is 0 Å². The lowest BCUT2D eigenvalue weighted by molar-refractivity contribution is 0.0845. The molecule has 1 aromatic heterocycles. The van der Waals surface area contributed by atoms with Gasteiger partial charge < -0.3 is 16.2 Å². The maximum Gasteiger partial charge on any atom is 0.272 e. The van der Waals surface area contributed by atoms with Gasteiger partial charge in [0.25, 0.3) is 5.91 Å². The standard InChI is InChI=1S/C13H16N4O2/c1-13(8-18,9-5-3-2-4-6-9)16-12(19)11-10(14)7-15-17-11/h2-7,18H,8,14H2,1H3,(H,15,17)(H,16,19). The highest BCUT2D eigenvalue weighted by molar-refractivity contribution is 5.97. The first-order chi connectivity index (χ1) is 9.07. The molecular formula is C13H16N4O2. The maximum absolute atomic E-state index is 12.1. The van der Waals surface area contributed by atoms with Gasteiger partial charge in [-0.15, -0.1) is 0 Å². The van der Waals surface area contributed by atoms with Gasteiger partial charge in [-0.2, -0.15) is 5.10 Å². The first kappa shape index (κ1) is 13.1. The highest BCUT2D eigenvalue weighted by atomic mass is 16.3. The van der Waals surface area contributed by atoms with Gasteiger partial charge in [0, 0.05) is 0 Å². The van der Waals surface area contributed by atoms with Gasteiger partial charge in [0.2, 0.25) is 0 Å². The van der Waals surface area contributed by atoms with Crippen LogP contribution in [0.4, 0.5) is 5.69 Å². The summed E-state index contributed by atoms with van der Waals surface area (Å²) in [6.07, 6.45) is 1.37. The number of H-pyrrole nitrogens is 1. The van der Waals surface area contributed by atoms with Crippen molar-refractivity contribution in [2.75, 3.05) is 12.3 Å². The Hall–Kier alpha value is -2.34. The van der Waals surface area contributed by atoms with Gasteiger partial charge in [0.05, 0.1) is 24.0 Å². The molecule has 0 aliphatic carbocycles. The van der Waals surface area contributed by atoms with Crippen molar-refractivity contribution in [3.05, 3.63) is 47.8 Å². The van der Waals surface area contributed by atoms with Crippen LogP contribution in [0.3, 0.4) is 0 Å². The Labute approximate surface area is 110 Å². The zero-order chi connectivity index (χ0) is 13.9. The van der Waals surface area contributed by atoms with E-state index in [-0.39, 0.29) is 18.0 Å². The number of nitrogens with one attached hydrogen (secondary N) is 2. The molecule has 1 aromatic carbocycles. The number of anilines is 1. The molecule has 0 saturated carbocycles. The van der Waals surface area contributed by atoms with Crippen LogP contribution in [0, 0.1) is 0 Å². The second kappa shape index (κ2) is 5.11. The van der Waals surface area contributed by atoms with E-state index in [0.717, 1.165) is 5.56 Å². The number of hydrogen-bond acceptors (Lipinski definition) is 4. The lowest BCUT2D eigenvalue weighted by Crippen LogP contribution is -2.46. The average molecular weight is 260 g/mol. The minimum absolute atomic E-state index is 0.190. The Morgan fingerprint density at radius 3 is 2.68 bits per heavy atom. The molecular weight excluding hydrogens is 244 g/mol. The minimum Gasteiger partial charge on any atom is -0.396 e. The van der Waals surface area contributed by atoms with Gasteiger partial charge in [-0.1, -0.05) is 30.3 Å². The molecule has 0 bridgehead atoms. The Balaban J connectivity index is 2.25. The van der Waals surface area contributed by atoms with Gasteiger partial charge in [0.15, 0.2) is 0 Å². The van der Waals surface area contributed by atoms with E-state index in [9.17, 15) is 9.90 Å². The van der Waals surface area contributed by atoms with Crippen LogP contribution in [0.1, 0.15) is 23.0 Å². The molecule has 100 valence electrons. The van der Waals surface area contributed by atoms with Crippen LogP contribution >= 0.6 is 0 Å². The molecule has 5 N–H and O–H groups in total. The fourth-order valence-corrected chi connectivity index (χ4v) is 1.80. The molecule has 6 heteroatoms. The summed E-state index contributed by atoms with van der Waals surface area (Å²) in [5.41, 5.74) is 6.01. The zero-order valence-electron chi connectivity index (χ0n) is 10.6. The number of nitrogens with two attached hydrogens (primary N) is 1. The van der Waals surface area contributed by atoms with Crippen molar-refractivity contribution in [3.8, 4) is 0 Å². The summed E-state index contributed by atoms with van der Waals surface area (Å²) in [6, 6.07) is 9.25. The summed E-state index contributed by atoms with van der Waals surface area (Å²) in [4.78, 5) is 12.1. The van der Waals surface area contributed by atoms with Gasteiger partial charge in [-0.25, -0.2) is 0 Å². The van der Waals surface area contributed by atoms with Gasteiger partial charge >= 0.3 is 0 Å². The van der Waals surface area contributed by atoms with Crippen LogP contribution in [0.2, 0.25) is 0 Å². The van der Waals surface area contributed by atoms with Crippen molar-refractivity contribution in [3.63, 3.8) is 0 Å². The smallest absolute Gasteiger partial charge is 0.272 e. The van der Waals surface area contributed by atoms with Crippen molar-refractivity contribution < 1.29 is 9.90 Å². The van der Waals surface area contributed by atoms with E-state index < -0.39 is 11.4 Å². The van der Waals surface area contributed by atoms with Crippen molar-refractivity contribution in [2.24, 2.45) is 0 Å².